The third-order valence-corrected chi connectivity index (χ3v) is 10.1. The number of ether oxygens (including phenoxy) is 2. The van der Waals surface area contributed by atoms with Crippen LogP contribution in [0, 0.1) is 0 Å². The van der Waals surface area contributed by atoms with Crippen molar-refractivity contribution < 1.29 is 43.3 Å². The molecule has 1 heterocycles. The monoisotopic (exact) mass is 772 g/mol. The van der Waals surface area contributed by atoms with Crippen molar-refractivity contribution in [3.05, 3.63) is 89.5 Å². The Morgan fingerprint density at radius 1 is 0.536 bits per heavy atom. The largest absolute Gasteiger partial charge is 0.504 e. The second-order valence-electron chi connectivity index (χ2n) is 14.0. The van der Waals surface area contributed by atoms with Crippen molar-refractivity contribution in [1.82, 2.24) is 30.7 Å². The van der Waals surface area contributed by atoms with Crippen LogP contribution in [0.25, 0.3) is 0 Å². The lowest BCUT2D eigenvalue weighted by molar-refractivity contribution is -0.149. The molecule has 0 aromatic heterocycles. The highest BCUT2D eigenvalue weighted by Gasteiger charge is 2.39. The number of methoxy groups -OCH3 is 2. The summed E-state index contributed by atoms with van der Waals surface area (Å²) in [5, 5.41) is 18.6. The summed E-state index contributed by atoms with van der Waals surface area (Å²) in [6.45, 7) is 4.40. The molecular formula is C41H52N6O9. The summed E-state index contributed by atoms with van der Waals surface area (Å²) in [6, 6.07) is 13.7. The first-order chi connectivity index (χ1) is 26.6. The van der Waals surface area contributed by atoms with E-state index in [4.69, 9.17) is 9.47 Å². The van der Waals surface area contributed by atoms with Gasteiger partial charge in [0, 0.05) is 40.4 Å². The molecule has 1 aliphatic heterocycles. The number of likely N-dealkylation sites (N-methyl/N-ethyl adjacent to an activating group) is 3. The first-order valence-corrected chi connectivity index (χ1v) is 18.3. The molecule has 300 valence electrons. The molecule has 1 fully saturated rings. The molecule has 3 aromatic rings. The van der Waals surface area contributed by atoms with Gasteiger partial charge in [-0.05, 0) is 61.7 Å². The third-order valence-electron chi connectivity index (χ3n) is 10.1. The minimum atomic E-state index is -1.23. The molecular weight excluding hydrogens is 720 g/mol. The Morgan fingerprint density at radius 3 is 1.52 bits per heavy atom. The van der Waals surface area contributed by atoms with E-state index in [-0.39, 0.29) is 30.8 Å². The molecule has 15 nitrogen and oxygen atoms in total. The highest BCUT2D eigenvalue weighted by atomic mass is 16.5. The van der Waals surface area contributed by atoms with Crippen molar-refractivity contribution in [2.75, 3.05) is 35.4 Å². The van der Waals surface area contributed by atoms with Crippen LogP contribution in [0.5, 0.6) is 17.2 Å². The predicted octanol–water partition coefficient (Wildman–Crippen LogP) is 1.45. The van der Waals surface area contributed by atoms with Crippen molar-refractivity contribution in [3.8, 4) is 17.2 Å². The van der Waals surface area contributed by atoms with E-state index in [1.54, 1.807) is 42.5 Å². The van der Waals surface area contributed by atoms with E-state index in [0.29, 0.717) is 16.9 Å². The van der Waals surface area contributed by atoms with Crippen LogP contribution in [0.3, 0.4) is 0 Å². The van der Waals surface area contributed by atoms with Crippen LogP contribution >= 0.6 is 0 Å². The molecule has 6 atom stereocenters. The van der Waals surface area contributed by atoms with Crippen LogP contribution in [0.4, 0.5) is 0 Å². The summed E-state index contributed by atoms with van der Waals surface area (Å²) in [7, 11) is 7.25. The summed E-state index contributed by atoms with van der Waals surface area (Å²) < 4.78 is 10.4. The van der Waals surface area contributed by atoms with E-state index in [9.17, 15) is 33.9 Å². The molecule has 3 aromatic carbocycles. The maximum absolute atomic E-state index is 14.6. The number of nitrogens with one attached hydrogen (secondary N) is 3. The number of rotatable bonds is 8. The van der Waals surface area contributed by atoms with E-state index in [0.717, 1.165) is 5.56 Å². The van der Waals surface area contributed by atoms with Gasteiger partial charge in [-0.2, -0.15) is 0 Å². The molecule has 0 spiro atoms. The first-order valence-electron chi connectivity index (χ1n) is 18.3. The van der Waals surface area contributed by atoms with Crippen LogP contribution in [-0.2, 0) is 48.0 Å². The van der Waals surface area contributed by atoms with Gasteiger partial charge >= 0.3 is 0 Å². The molecule has 0 unspecified atom stereocenters. The fourth-order valence-corrected chi connectivity index (χ4v) is 6.56. The molecule has 15 heteroatoms. The Kier molecular flexibility index (Phi) is 14.4. The van der Waals surface area contributed by atoms with Gasteiger partial charge < -0.3 is 45.2 Å². The predicted molar refractivity (Wildman–Crippen MR) is 208 cm³/mol. The number of carbonyl (C=O) groups is 6. The number of hydrogen-bond donors (Lipinski definition) is 4. The first kappa shape index (κ1) is 42.6. The Morgan fingerprint density at radius 2 is 0.982 bits per heavy atom. The minimum Gasteiger partial charge on any atom is -0.504 e. The minimum absolute atomic E-state index is 0.0647. The number of amides is 6. The number of hydrogen-bond acceptors (Lipinski definition) is 9. The molecule has 56 heavy (non-hydrogen) atoms. The number of phenolic OH excluding ortho intramolecular Hbond substituents is 1. The SMILES string of the molecule is COc1ccc(C[C@H]2C(=O)N[C@@H](C)C(=O)N(C)[C@@H](Cc3ccccc3)C(=O)N(C)[C@@H](Cc3ccc(OC)c(O)c3)C(=O)N[C@H](C)C(=O)N[C@@H](C)C(=O)N2C)cc1. The maximum atomic E-state index is 14.6. The Labute approximate surface area is 327 Å². The van der Waals surface area contributed by atoms with Crippen LogP contribution < -0.4 is 25.4 Å². The summed E-state index contributed by atoms with van der Waals surface area (Å²) in [4.78, 5) is 87.9. The summed E-state index contributed by atoms with van der Waals surface area (Å²) in [5.41, 5.74) is 1.92. The van der Waals surface area contributed by atoms with Gasteiger partial charge in [-0.1, -0.05) is 48.5 Å². The topological polar surface area (TPSA) is 187 Å². The maximum Gasteiger partial charge on any atom is 0.246 e. The molecule has 4 rings (SSSR count). The third kappa shape index (κ3) is 10.3. The lowest BCUT2D eigenvalue weighted by Crippen LogP contribution is -2.61. The zero-order valence-electron chi connectivity index (χ0n) is 33.1. The zero-order valence-corrected chi connectivity index (χ0v) is 33.1. The van der Waals surface area contributed by atoms with Gasteiger partial charge in [-0.25, -0.2) is 0 Å². The summed E-state index contributed by atoms with van der Waals surface area (Å²) >= 11 is 0. The highest BCUT2D eigenvalue weighted by molar-refractivity contribution is 5.98. The van der Waals surface area contributed by atoms with Crippen molar-refractivity contribution in [1.29, 1.82) is 0 Å². The van der Waals surface area contributed by atoms with Gasteiger partial charge in [-0.3, -0.25) is 28.8 Å². The number of nitrogens with zero attached hydrogens (tertiary/aromatic N) is 3. The quantitative estimate of drug-likeness (QED) is 0.263. The molecule has 0 saturated carbocycles. The molecule has 4 N–H and O–H groups in total. The Hall–Kier alpha value is -6.12. The lowest BCUT2D eigenvalue weighted by Gasteiger charge is -2.36. The molecule has 6 amide bonds. The fraction of sp³-hybridized carbons (Fsp3) is 0.415. The average molecular weight is 773 g/mol. The van der Waals surface area contributed by atoms with Crippen molar-refractivity contribution in [2.45, 2.75) is 76.3 Å². The van der Waals surface area contributed by atoms with Crippen LogP contribution in [-0.4, -0.2) is 127 Å². The summed E-state index contributed by atoms with van der Waals surface area (Å²) in [6.07, 6.45) is 0.0469. The Balaban J connectivity index is 1.77. The molecule has 0 radical (unpaired) electrons. The van der Waals surface area contributed by atoms with E-state index in [1.807, 2.05) is 18.2 Å². The van der Waals surface area contributed by atoms with Gasteiger partial charge in [-0.15, -0.1) is 0 Å². The smallest absolute Gasteiger partial charge is 0.246 e. The van der Waals surface area contributed by atoms with Gasteiger partial charge in [0.25, 0.3) is 0 Å². The number of phenols is 1. The number of aromatic hydroxyl groups is 1. The van der Waals surface area contributed by atoms with E-state index in [2.05, 4.69) is 16.0 Å². The normalized spacial score (nSPS) is 23.5. The Bertz CT molecular complexity index is 1890. The average Bonchev–Trinajstić information content (AvgIpc) is 3.19. The van der Waals surface area contributed by atoms with Gasteiger partial charge in [0.2, 0.25) is 35.4 Å². The lowest BCUT2D eigenvalue weighted by atomic mass is 9.99. The molecule has 0 aliphatic carbocycles. The number of carbonyl (C=O) groups excluding carboxylic acids is 6. The van der Waals surface area contributed by atoms with E-state index < -0.39 is 71.7 Å². The van der Waals surface area contributed by atoms with Crippen LogP contribution in [0.1, 0.15) is 37.5 Å². The molecule has 0 bridgehead atoms. The van der Waals surface area contributed by atoms with Gasteiger partial charge in [0.1, 0.15) is 42.0 Å². The van der Waals surface area contributed by atoms with E-state index in [1.165, 1.54) is 83.0 Å². The highest BCUT2D eigenvalue weighted by Crippen LogP contribution is 2.27. The van der Waals surface area contributed by atoms with Gasteiger partial charge in [0.15, 0.2) is 11.5 Å². The number of benzene rings is 3. The van der Waals surface area contributed by atoms with Crippen LogP contribution in [0.2, 0.25) is 0 Å². The zero-order chi connectivity index (χ0) is 41.3. The summed E-state index contributed by atoms with van der Waals surface area (Å²) in [5.74, 6) is -3.13. The van der Waals surface area contributed by atoms with Gasteiger partial charge in [0.05, 0.1) is 14.2 Å². The second-order valence-corrected chi connectivity index (χ2v) is 14.0. The van der Waals surface area contributed by atoms with Crippen molar-refractivity contribution >= 4 is 35.4 Å². The fourth-order valence-electron chi connectivity index (χ4n) is 6.56. The van der Waals surface area contributed by atoms with Crippen molar-refractivity contribution in [2.24, 2.45) is 0 Å². The molecule has 1 aliphatic rings. The van der Waals surface area contributed by atoms with E-state index >= 15 is 0 Å². The van der Waals surface area contributed by atoms with Crippen LogP contribution in [0.15, 0.2) is 72.8 Å². The van der Waals surface area contributed by atoms with Crippen molar-refractivity contribution in [3.63, 3.8) is 0 Å². The molecule has 1 saturated heterocycles. The standard InChI is InChI=1S/C41H52N6O9/c1-24-36(49)43-25(2)39(52)45(4)31(20-28-14-17-30(55-7)18-15-28)38(51)44-26(3)40(53)47(6)33(21-27-12-10-9-11-13-27)41(54)46(5)32(37(50)42-24)22-29-16-19-35(56-8)34(48)23-29/h9-19,23-26,31-33,48H,20-22H2,1-8H3,(H,42,50)(H,43,49)(H,44,51)/t24-,25+,26+,31+,32+,33+/m1/s1. The second kappa shape index (κ2) is 19.0.